The van der Waals surface area contributed by atoms with Crippen molar-refractivity contribution >= 4 is 21.9 Å². The van der Waals surface area contributed by atoms with Crippen molar-refractivity contribution in [3.63, 3.8) is 0 Å². The van der Waals surface area contributed by atoms with E-state index in [-0.39, 0.29) is 11.3 Å². The van der Waals surface area contributed by atoms with E-state index in [1.165, 1.54) is 31.4 Å². The number of primary amides is 1. The Labute approximate surface area is 115 Å². The van der Waals surface area contributed by atoms with Crippen LogP contribution < -0.4 is 10.6 Å². The molecule has 0 aliphatic carbocycles. The van der Waals surface area contributed by atoms with E-state index in [4.69, 9.17) is 5.73 Å². The van der Waals surface area contributed by atoms with Crippen LogP contribution in [0.4, 0.5) is 0 Å². The fourth-order valence-corrected chi connectivity index (χ4v) is 2.06. The van der Waals surface area contributed by atoms with Crippen LogP contribution in [0.2, 0.25) is 0 Å². The van der Waals surface area contributed by atoms with Crippen LogP contribution in [-0.4, -0.2) is 34.0 Å². The molecule has 20 heavy (non-hydrogen) atoms. The first-order chi connectivity index (χ1) is 9.35. The molecule has 1 aromatic rings. The Morgan fingerprint density at radius 2 is 1.85 bits per heavy atom. The van der Waals surface area contributed by atoms with Gasteiger partial charge in [0, 0.05) is 0 Å². The molecule has 0 bridgehead atoms. The molecule has 3 N–H and O–H groups in total. The lowest BCUT2D eigenvalue weighted by Crippen LogP contribution is -2.29. The fraction of sp³-hybridized carbons (Fsp3) is 0.273. The number of amides is 1. The van der Waals surface area contributed by atoms with Crippen molar-refractivity contribution in [2.24, 2.45) is 5.73 Å². The van der Waals surface area contributed by atoms with Gasteiger partial charge in [-0.2, -0.15) is 0 Å². The molecule has 0 fully saturated rings. The molecule has 1 rings (SSSR count). The van der Waals surface area contributed by atoms with Gasteiger partial charge in [0.2, 0.25) is 5.91 Å². The number of methoxy groups -OCH3 is 1. The molecule has 0 aromatic heterocycles. The molecule has 0 atom stereocenters. The number of ether oxygens (including phenoxy) is 1. The van der Waals surface area contributed by atoms with E-state index in [0.717, 1.165) is 0 Å². The Hall–Kier alpha value is -1.97. The van der Waals surface area contributed by atoms with E-state index in [2.05, 4.69) is 9.57 Å². The van der Waals surface area contributed by atoms with Crippen molar-refractivity contribution < 1.29 is 27.6 Å². The minimum atomic E-state index is -3.90. The van der Waals surface area contributed by atoms with Gasteiger partial charge in [-0.05, 0) is 17.7 Å². The molecule has 0 radical (unpaired) electrons. The second-order valence-electron chi connectivity index (χ2n) is 3.74. The van der Waals surface area contributed by atoms with Crippen LogP contribution in [-0.2, 0) is 35.6 Å². The van der Waals surface area contributed by atoms with Gasteiger partial charge in [-0.15, -0.1) is 0 Å². The Balaban J connectivity index is 2.71. The summed E-state index contributed by atoms with van der Waals surface area (Å²) in [6.07, 6.45) is 0.0441. The monoisotopic (exact) mass is 302 g/mol. The number of nitrogens with two attached hydrogens (primary N) is 1. The zero-order chi connectivity index (χ0) is 15.2. The van der Waals surface area contributed by atoms with Gasteiger partial charge in [0.25, 0.3) is 10.0 Å². The summed E-state index contributed by atoms with van der Waals surface area (Å²) in [5, 5.41) is 0. The van der Waals surface area contributed by atoms with Crippen molar-refractivity contribution in [1.82, 2.24) is 4.89 Å². The average molecular weight is 302 g/mol. The molecule has 110 valence electrons. The topological polar surface area (TPSA) is 125 Å². The van der Waals surface area contributed by atoms with Gasteiger partial charge in [0.1, 0.15) is 6.61 Å². The van der Waals surface area contributed by atoms with Gasteiger partial charge >= 0.3 is 5.97 Å². The maximum Gasteiger partial charge on any atom is 0.309 e. The summed E-state index contributed by atoms with van der Waals surface area (Å²) in [6.45, 7) is -0.570. The van der Waals surface area contributed by atoms with Crippen molar-refractivity contribution in [1.29, 1.82) is 0 Å². The van der Waals surface area contributed by atoms with Gasteiger partial charge in [-0.1, -0.05) is 17.0 Å². The molecule has 8 nitrogen and oxygen atoms in total. The molecule has 1 amide bonds. The quantitative estimate of drug-likeness (QED) is 0.496. The standard InChI is InChI=1S/C11H14N2O6S/c1-18-11(15)6-8-2-4-9(5-3-8)20(16,17)13-19-7-10(12)14/h2-5,13H,6-7H2,1H3,(H2,12,14). The summed E-state index contributed by atoms with van der Waals surface area (Å²) >= 11 is 0. The molecule has 0 aliphatic heterocycles. The number of nitrogens with one attached hydrogen (secondary N) is 1. The summed E-state index contributed by atoms with van der Waals surface area (Å²) < 4.78 is 27.9. The van der Waals surface area contributed by atoms with Gasteiger partial charge in [0.05, 0.1) is 18.4 Å². The minimum absolute atomic E-state index is 0.0441. The van der Waals surface area contributed by atoms with Crippen LogP contribution in [0.15, 0.2) is 29.2 Å². The zero-order valence-electron chi connectivity index (χ0n) is 10.7. The van der Waals surface area contributed by atoms with Crippen LogP contribution in [0.25, 0.3) is 0 Å². The second kappa shape index (κ2) is 6.98. The highest BCUT2D eigenvalue weighted by Crippen LogP contribution is 2.11. The van der Waals surface area contributed by atoms with E-state index >= 15 is 0 Å². The highest BCUT2D eigenvalue weighted by atomic mass is 32.2. The molecule has 0 unspecified atom stereocenters. The number of hydrogen-bond acceptors (Lipinski definition) is 6. The van der Waals surface area contributed by atoms with E-state index in [1.807, 2.05) is 0 Å². The first-order valence-electron chi connectivity index (χ1n) is 5.43. The van der Waals surface area contributed by atoms with E-state index in [0.29, 0.717) is 5.56 Å². The first kappa shape index (κ1) is 16.1. The number of sulfonamides is 1. The molecule has 0 saturated heterocycles. The maximum atomic E-state index is 11.7. The normalized spacial score (nSPS) is 11.1. The van der Waals surface area contributed by atoms with E-state index in [9.17, 15) is 18.0 Å². The number of rotatable bonds is 7. The Kier molecular flexibility index (Phi) is 5.62. The molecule has 9 heteroatoms. The number of carbonyl (C=O) groups is 2. The van der Waals surface area contributed by atoms with Crippen LogP contribution >= 0.6 is 0 Å². The van der Waals surface area contributed by atoms with Gasteiger partial charge in [-0.25, -0.2) is 8.42 Å². The third kappa shape index (κ3) is 4.96. The van der Waals surface area contributed by atoms with E-state index < -0.39 is 28.5 Å². The molecular formula is C11H14N2O6S. The van der Waals surface area contributed by atoms with E-state index in [1.54, 1.807) is 4.89 Å². The summed E-state index contributed by atoms with van der Waals surface area (Å²) in [5.74, 6) is -1.23. The Morgan fingerprint density at radius 1 is 1.25 bits per heavy atom. The van der Waals surface area contributed by atoms with Gasteiger partial charge in [-0.3, -0.25) is 14.4 Å². The minimum Gasteiger partial charge on any atom is -0.469 e. The van der Waals surface area contributed by atoms with Crippen LogP contribution in [0, 0.1) is 0 Å². The number of esters is 1. The van der Waals surface area contributed by atoms with Crippen LogP contribution in [0.3, 0.4) is 0 Å². The highest BCUT2D eigenvalue weighted by Gasteiger charge is 2.14. The third-order valence-corrected chi connectivity index (χ3v) is 3.42. The summed E-state index contributed by atoms with van der Waals surface area (Å²) in [5.41, 5.74) is 5.40. The summed E-state index contributed by atoms with van der Waals surface area (Å²) in [6, 6.07) is 5.54. The lowest BCUT2D eigenvalue weighted by Gasteiger charge is -2.06. The van der Waals surface area contributed by atoms with Crippen molar-refractivity contribution in [2.75, 3.05) is 13.7 Å². The predicted octanol–water partition coefficient (Wildman–Crippen LogP) is -0.903. The predicted molar refractivity (Wildman–Crippen MR) is 67.6 cm³/mol. The molecule has 0 aliphatic rings. The number of benzene rings is 1. The molecular weight excluding hydrogens is 288 g/mol. The fourth-order valence-electron chi connectivity index (χ4n) is 1.25. The van der Waals surface area contributed by atoms with Gasteiger partial charge in [0.15, 0.2) is 0 Å². The highest BCUT2D eigenvalue weighted by molar-refractivity contribution is 7.89. The first-order valence-corrected chi connectivity index (χ1v) is 6.91. The molecule has 0 heterocycles. The molecule has 0 saturated carbocycles. The largest absolute Gasteiger partial charge is 0.469 e. The summed E-state index contributed by atoms with van der Waals surface area (Å²) in [7, 11) is -2.64. The van der Waals surface area contributed by atoms with Crippen molar-refractivity contribution in [2.45, 2.75) is 11.3 Å². The molecule has 0 spiro atoms. The van der Waals surface area contributed by atoms with Crippen molar-refractivity contribution in [3.8, 4) is 0 Å². The Morgan fingerprint density at radius 3 is 2.35 bits per heavy atom. The lowest BCUT2D eigenvalue weighted by molar-refractivity contribution is -0.139. The zero-order valence-corrected chi connectivity index (χ0v) is 11.5. The lowest BCUT2D eigenvalue weighted by atomic mass is 10.2. The number of carbonyl (C=O) groups excluding carboxylic acids is 2. The smallest absolute Gasteiger partial charge is 0.309 e. The Bertz CT molecular complexity index is 581. The SMILES string of the molecule is COC(=O)Cc1ccc(S(=O)(=O)NOCC(N)=O)cc1. The molecule has 1 aromatic carbocycles. The summed E-state index contributed by atoms with van der Waals surface area (Å²) in [4.78, 5) is 27.6. The van der Waals surface area contributed by atoms with Crippen LogP contribution in [0.1, 0.15) is 5.56 Å². The van der Waals surface area contributed by atoms with Gasteiger partial charge < -0.3 is 10.5 Å². The van der Waals surface area contributed by atoms with Crippen molar-refractivity contribution in [3.05, 3.63) is 29.8 Å². The second-order valence-corrected chi connectivity index (χ2v) is 5.38. The number of hydrogen-bond donors (Lipinski definition) is 2. The van der Waals surface area contributed by atoms with Crippen LogP contribution in [0.5, 0.6) is 0 Å². The maximum absolute atomic E-state index is 11.7. The third-order valence-electron chi connectivity index (χ3n) is 2.19. The average Bonchev–Trinajstić information content (AvgIpc) is 2.38.